The molecule has 12 aromatic rings. The molecule has 2 nitrogen and oxygen atoms in total. The molecule has 0 radical (unpaired) electrons. The minimum Gasteiger partial charge on any atom is -0.310 e. The zero-order chi connectivity index (χ0) is 41.0. The summed E-state index contributed by atoms with van der Waals surface area (Å²) in [5.74, 6) is 0. The summed E-state index contributed by atoms with van der Waals surface area (Å²) < 4.78 is 2.44. The Labute approximate surface area is 360 Å². The van der Waals surface area contributed by atoms with Crippen molar-refractivity contribution in [3.63, 3.8) is 0 Å². The second kappa shape index (κ2) is 14.8. The summed E-state index contributed by atoms with van der Waals surface area (Å²) in [5.41, 5.74) is 14.2. The van der Waals surface area contributed by atoms with Gasteiger partial charge in [-0.1, -0.05) is 188 Å². The molecule has 0 amide bonds. The summed E-state index contributed by atoms with van der Waals surface area (Å²) >= 11 is 0. The van der Waals surface area contributed by atoms with Gasteiger partial charge in [0.25, 0.3) is 0 Å². The SMILES string of the molecule is c1ccc(-c2c(-c3ccccc3)c3cc(-c4ccc(N(c5ccccc5)c5cccc6c5c5ccccc5n6-c5cccc6ccccc56)cc4)ccc3c3ccccc23)cc1. The Morgan fingerprint density at radius 1 is 0.290 bits per heavy atom. The summed E-state index contributed by atoms with van der Waals surface area (Å²) in [6.45, 7) is 0. The molecular formula is C60H40N2. The number of benzene rings is 11. The van der Waals surface area contributed by atoms with Crippen LogP contribution in [0.2, 0.25) is 0 Å². The lowest BCUT2D eigenvalue weighted by molar-refractivity contribution is 1.20. The molecule has 1 heterocycles. The molecule has 0 atom stereocenters. The minimum atomic E-state index is 1.09. The molecule has 0 aliphatic carbocycles. The monoisotopic (exact) mass is 788 g/mol. The molecule has 290 valence electrons. The second-order valence-corrected chi connectivity index (χ2v) is 16.0. The topological polar surface area (TPSA) is 8.17 Å². The van der Waals surface area contributed by atoms with E-state index >= 15 is 0 Å². The van der Waals surface area contributed by atoms with Crippen molar-refractivity contribution in [1.82, 2.24) is 4.57 Å². The first-order chi connectivity index (χ1) is 30.8. The van der Waals surface area contributed by atoms with Crippen molar-refractivity contribution in [2.45, 2.75) is 0 Å². The van der Waals surface area contributed by atoms with Gasteiger partial charge in [0, 0.05) is 27.5 Å². The molecule has 0 N–H and O–H groups in total. The fourth-order valence-corrected chi connectivity index (χ4v) is 9.84. The summed E-state index contributed by atoms with van der Waals surface area (Å²) in [5, 5.41) is 9.92. The van der Waals surface area contributed by atoms with Gasteiger partial charge in [0.15, 0.2) is 0 Å². The third-order valence-corrected chi connectivity index (χ3v) is 12.5. The van der Waals surface area contributed by atoms with Gasteiger partial charge >= 0.3 is 0 Å². The van der Waals surface area contributed by atoms with Crippen molar-refractivity contribution in [3.05, 3.63) is 243 Å². The third kappa shape index (κ3) is 5.80. The van der Waals surface area contributed by atoms with Crippen LogP contribution in [0.4, 0.5) is 17.1 Å². The van der Waals surface area contributed by atoms with Crippen molar-refractivity contribution < 1.29 is 0 Å². The first-order valence-corrected chi connectivity index (χ1v) is 21.4. The van der Waals surface area contributed by atoms with Gasteiger partial charge in [-0.05, 0) is 115 Å². The molecule has 2 heteroatoms. The van der Waals surface area contributed by atoms with Crippen LogP contribution in [0.1, 0.15) is 0 Å². The Balaban J connectivity index is 1.04. The maximum absolute atomic E-state index is 2.44. The number of para-hydroxylation sites is 2. The molecule has 0 unspecified atom stereocenters. The van der Waals surface area contributed by atoms with Crippen LogP contribution in [-0.4, -0.2) is 4.57 Å². The molecule has 0 saturated carbocycles. The van der Waals surface area contributed by atoms with E-state index in [2.05, 4.69) is 252 Å². The molecular weight excluding hydrogens is 749 g/mol. The molecule has 0 fully saturated rings. The van der Waals surface area contributed by atoms with Gasteiger partial charge in [-0.15, -0.1) is 0 Å². The zero-order valence-corrected chi connectivity index (χ0v) is 34.0. The van der Waals surface area contributed by atoms with E-state index in [-0.39, 0.29) is 0 Å². The van der Waals surface area contributed by atoms with E-state index in [4.69, 9.17) is 0 Å². The van der Waals surface area contributed by atoms with Gasteiger partial charge < -0.3 is 9.47 Å². The Morgan fingerprint density at radius 3 is 1.55 bits per heavy atom. The smallest absolute Gasteiger partial charge is 0.0562 e. The van der Waals surface area contributed by atoms with E-state index in [1.165, 1.54) is 93.2 Å². The van der Waals surface area contributed by atoms with E-state index in [0.717, 1.165) is 17.1 Å². The number of hydrogen-bond donors (Lipinski definition) is 0. The molecule has 11 aromatic carbocycles. The Morgan fingerprint density at radius 2 is 0.806 bits per heavy atom. The van der Waals surface area contributed by atoms with Crippen LogP contribution in [0, 0.1) is 0 Å². The summed E-state index contributed by atoms with van der Waals surface area (Å²) in [6.07, 6.45) is 0. The van der Waals surface area contributed by atoms with Gasteiger partial charge in [0.05, 0.1) is 22.4 Å². The zero-order valence-electron chi connectivity index (χ0n) is 34.0. The Bertz CT molecular complexity index is 3600. The van der Waals surface area contributed by atoms with Gasteiger partial charge in [-0.25, -0.2) is 0 Å². The number of fused-ring (bicyclic) bond motifs is 7. The Hall–Kier alpha value is -8.20. The number of nitrogens with zero attached hydrogens (tertiary/aromatic N) is 2. The molecule has 0 saturated heterocycles. The van der Waals surface area contributed by atoms with Gasteiger partial charge in [0.1, 0.15) is 0 Å². The molecule has 1 aromatic heterocycles. The quantitative estimate of drug-likeness (QED) is 0.146. The van der Waals surface area contributed by atoms with Crippen molar-refractivity contribution in [3.8, 4) is 39.1 Å². The van der Waals surface area contributed by atoms with Crippen LogP contribution in [0.25, 0.3) is 93.2 Å². The second-order valence-electron chi connectivity index (χ2n) is 16.0. The van der Waals surface area contributed by atoms with E-state index in [9.17, 15) is 0 Å². The highest BCUT2D eigenvalue weighted by molar-refractivity contribution is 6.22. The Kier molecular flexibility index (Phi) is 8.53. The predicted octanol–water partition coefficient (Wildman–Crippen LogP) is 16.7. The van der Waals surface area contributed by atoms with Crippen LogP contribution in [0.3, 0.4) is 0 Å². The largest absolute Gasteiger partial charge is 0.310 e. The van der Waals surface area contributed by atoms with Gasteiger partial charge in [-0.2, -0.15) is 0 Å². The maximum Gasteiger partial charge on any atom is 0.0562 e. The van der Waals surface area contributed by atoms with E-state index < -0.39 is 0 Å². The van der Waals surface area contributed by atoms with Crippen LogP contribution in [-0.2, 0) is 0 Å². The number of anilines is 3. The predicted molar refractivity (Wildman–Crippen MR) is 264 cm³/mol. The normalized spacial score (nSPS) is 11.5. The van der Waals surface area contributed by atoms with Gasteiger partial charge in [-0.3, -0.25) is 0 Å². The van der Waals surface area contributed by atoms with Crippen LogP contribution in [0.5, 0.6) is 0 Å². The van der Waals surface area contributed by atoms with Crippen molar-refractivity contribution in [2.24, 2.45) is 0 Å². The van der Waals surface area contributed by atoms with E-state index in [1.807, 2.05) is 0 Å². The average Bonchev–Trinajstić information content (AvgIpc) is 3.69. The number of rotatable bonds is 7. The average molecular weight is 789 g/mol. The minimum absolute atomic E-state index is 1.09. The molecule has 0 aliphatic heterocycles. The van der Waals surface area contributed by atoms with Crippen LogP contribution in [0.15, 0.2) is 243 Å². The number of hydrogen-bond acceptors (Lipinski definition) is 1. The fourth-order valence-electron chi connectivity index (χ4n) is 9.84. The molecule has 0 aliphatic rings. The summed E-state index contributed by atoms with van der Waals surface area (Å²) in [6, 6.07) is 88.4. The third-order valence-electron chi connectivity index (χ3n) is 12.5. The lowest BCUT2D eigenvalue weighted by atomic mass is 9.84. The fraction of sp³-hybridized carbons (Fsp3) is 0. The summed E-state index contributed by atoms with van der Waals surface area (Å²) in [4.78, 5) is 2.41. The molecule has 0 bridgehead atoms. The first kappa shape index (κ1) is 35.7. The van der Waals surface area contributed by atoms with Gasteiger partial charge in [0.2, 0.25) is 0 Å². The summed E-state index contributed by atoms with van der Waals surface area (Å²) in [7, 11) is 0. The lowest BCUT2D eigenvalue weighted by Crippen LogP contribution is -2.10. The number of aromatic nitrogens is 1. The van der Waals surface area contributed by atoms with Crippen LogP contribution >= 0.6 is 0 Å². The van der Waals surface area contributed by atoms with Crippen molar-refractivity contribution in [2.75, 3.05) is 4.90 Å². The van der Waals surface area contributed by atoms with Crippen molar-refractivity contribution >= 4 is 71.2 Å². The highest BCUT2D eigenvalue weighted by atomic mass is 15.1. The van der Waals surface area contributed by atoms with E-state index in [0.29, 0.717) is 0 Å². The highest BCUT2D eigenvalue weighted by Gasteiger charge is 2.22. The van der Waals surface area contributed by atoms with Crippen LogP contribution < -0.4 is 4.90 Å². The van der Waals surface area contributed by atoms with E-state index in [1.54, 1.807) is 0 Å². The standard InChI is InChI=1S/C60H40N2/c1-4-19-43(20-5-1)58-51-28-13-12-27-49(51)50-39-36-45(40-53(50)59(58)44-21-6-2-7-22-44)41-34-37-47(38-35-41)61(46-24-8-3-9-25-46)56-32-17-33-57-60(56)52-29-14-15-30-55(52)62(57)54-31-16-23-42-18-10-11-26-48(42)54/h1-40H. The maximum atomic E-state index is 2.44. The lowest BCUT2D eigenvalue weighted by Gasteiger charge is -2.27. The molecule has 62 heavy (non-hydrogen) atoms. The molecule has 12 rings (SSSR count). The van der Waals surface area contributed by atoms with Crippen molar-refractivity contribution in [1.29, 1.82) is 0 Å². The first-order valence-electron chi connectivity index (χ1n) is 21.4. The molecule has 0 spiro atoms. The highest BCUT2D eigenvalue weighted by Crippen LogP contribution is 2.47.